The SMILES string of the molecule is C/C1=C(\c2ccccc2)N=C(c2cc(-c3ccc4c(c3)C(C)(C)c3cc5c(cc3-4)C3C=CC5S3)cc(-c3ccc4c(c3)C(C)(C)c3cc5c(cc3-4)C3C=CC5S3)c2)N=C(c2ccccc2)CC1. The van der Waals surface area contributed by atoms with E-state index < -0.39 is 0 Å². The van der Waals surface area contributed by atoms with Gasteiger partial charge in [-0.1, -0.05) is 149 Å². The van der Waals surface area contributed by atoms with Crippen LogP contribution < -0.4 is 0 Å². The van der Waals surface area contributed by atoms with E-state index in [1.165, 1.54) is 94.6 Å². The lowest BCUT2D eigenvalue weighted by atomic mass is 9.79. The van der Waals surface area contributed by atoms with Crippen molar-refractivity contribution in [2.45, 2.75) is 79.3 Å². The summed E-state index contributed by atoms with van der Waals surface area (Å²) in [5, 5.41) is 1.92. The van der Waals surface area contributed by atoms with Gasteiger partial charge in [-0.3, -0.25) is 0 Å². The standard InChI is InChI=1S/C63H50N2S2/c1-35-16-21-55(36-12-8-6-9-13-36)64-61(65-60(35)37-14-10-7-11-15-37)42-27-40(38-17-19-43-45-31-47-49(58-24-22-56(47)66-58)33-53(45)62(2,3)51(43)29-38)26-41(28-42)39-18-20-44-46-32-48-50(59-25-23-57(48)67-59)34-54(46)63(4,5)52(44)30-39/h6-15,17-20,22-34,56-59H,16,21H2,1-5H3/b60-35-,64-55?,65-61?. The number of rotatable bonds is 5. The van der Waals surface area contributed by atoms with Crippen molar-refractivity contribution in [1.29, 1.82) is 0 Å². The molecule has 2 nitrogen and oxygen atoms in total. The molecule has 0 saturated carbocycles. The van der Waals surface area contributed by atoms with Crippen molar-refractivity contribution in [3.8, 4) is 44.5 Å². The van der Waals surface area contributed by atoms with Crippen LogP contribution in [0, 0.1) is 0 Å². The van der Waals surface area contributed by atoms with Gasteiger partial charge in [-0.2, -0.15) is 0 Å². The lowest BCUT2D eigenvalue weighted by Crippen LogP contribution is -2.16. The van der Waals surface area contributed by atoms with Gasteiger partial charge in [0.2, 0.25) is 0 Å². The topological polar surface area (TPSA) is 24.7 Å². The smallest absolute Gasteiger partial charge is 0.160 e. The molecule has 0 radical (unpaired) electrons. The summed E-state index contributed by atoms with van der Waals surface area (Å²) in [5.74, 6) is 0.744. The summed E-state index contributed by atoms with van der Waals surface area (Å²) in [5.41, 5.74) is 28.4. The van der Waals surface area contributed by atoms with Crippen LogP contribution in [0.5, 0.6) is 0 Å². The average Bonchev–Trinajstić information content (AvgIpc) is 4.22. The zero-order chi connectivity index (χ0) is 44.9. The Labute approximate surface area is 402 Å². The third-order valence-corrected chi connectivity index (χ3v) is 18.9. The summed E-state index contributed by atoms with van der Waals surface area (Å²) in [6.07, 6.45) is 11.3. The molecule has 0 amide bonds. The molecule has 14 rings (SSSR count). The van der Waals surface area contributed by atoms with Crippen molar-refractivity contribution in [2.75, 3.05) is 0 Å². The normalized spacial score (nSPS) is 23.5. The Bertz CT molecular complexity index is 3330. The summed E-state index contributed by atoms with van der Waals surface area (Å²) in [4.78, 5) is 11.2. The first kappa shape index (κ1) is 39.9. The van der Waals surface area contributed by atoms with Gasteiger partial charge in [0.15, 0.2) is 5.84 Å². The fourth-order valence-electron chi connectivity index (χ4n) is 12.4. The second-order valence-corrected chi connectivity index (χ2v) is 23.3. The van der Waals surface area contributed by atoms with Crippen molar-refractivity contribution in [2.24, 2.45) is 9.98 Å². The van der Waals surface area contributed by atoms with E-state index in [0.29, 0.717) is 21.0 Å². The van der Waals surface area contributed by atoms with Gasteiger partial charge in [-0.15, -0.1) is 23.5 Å². The van der Waals surface area contributed by atoms with E-state index in [1.807, 2.05) is 0 Å². The third-order valence-electron chi connectivity index (χ3n) is 16.1. The maximum Gasteiger partial charge on any atom is 0.160 e. The van der Waals surface area contributed by atoms with E-state index in [1.54, 1.807) is 0 Å². The lowest BCUT2D eigenvalue weighted by molar-refractivity contribution is 0.659. The van der Waals surface area contributed by atoms with Gasteiger partial charge in [-0.25, -0.2) is 9.98 Å². The van der Waals surface area contributed by atoms with Crippen LogP contribution in [0.4, 0.5) is 0 Å². The van der Waals surface area contributed by atoms with Gasteiger partial charge in [0, 0.05) is 43.0 Å². The number of amidine groups is 1. The van der Waals surface area contributed by atoms with Crippen LogP contribution in [-0.4, -0.2) is 11.5 Å². The van der Waals surface area contributed by atoms with E-state index in [0.717, 1.165) is 46.8 Å². The van der Waals surface area contributed by atoms with Gasteiger partial charge in [0.05, 0.1) is 11.4 Å². The molecule has 2 aliphatic carbocycles. The average molecular weight is 899 g/mol. The van der Waals surface area contributed by atoms with Crippen LogP contribution in [0.25, 0.3) is 50.2 Å². The first-order valence-corrected chi connectivity index (χ1v) is 25.9. The van der Waals surface area contributed by atoms with Crippen molar-refractivity contribution >= 4 is 40.8 Å². The number of allylic oxidation sites excluding steroid dienone is 1. The molecular weight excluding hydrogens is 849 g/mol. The molecule has 0 aromatic heterocycles. The fourth-order valence-corrected chi connectivity index (χ4v) is 15.1. The van der Waals surface area contributed by atoms with Crippen LogP contribution in [-0.2, 0) is 10.8 Å². The molecule has 7 aromatic rings. The summed E-state index contributed by atoms with van der Waals surface area (Å²) < 4.78 is 0. The second kappa shape index (κ2) is 14.4. The summed E-state index contributed by atoms with van der Waals surface area (Å²) in [6, 6.07) is 53.2. The minimum atomic E-state index is -0.132. The van der Waals surface area contributed by atoms with E-state index in [-0.39, 0.29) is 10.8 Å². The third kappa shape index (κ3) is 5.98. The molecule has 0 saturated heterocycles. The maximum absolute atomic E-state index is 5.61. The van der Waals surface area contributed by atoms with Gasteiger partial charge in [0.25, 0.3) is 0 Å². The predicted octanol–water partition coefficient (Wildman–Crippen LogP) is 16.9. The molecule has 4 bridgehead atoms. The number of aliphatic imine (C=N–C) groups is 2. The quantitative estimate of drug-likeness (QED) is 0.161. The Morgan fingerprint density at radius 3 is 1.36 bits per heavy atom. The molecular formula is C63H50N2S2. The molecule has 4 atom stereocenters. The van der Waals surface area contributed by atoms with Crippen molar-refractivity contribution in [3.63, 3.8) is 0 Å². The molecule has 5 aliphatic heterocycles. The highest BCUT2D eigenvalue weighted by molar-refractivity contribution is 8.00. The first-order valence-electron chi connectivity index (χ1n) is 24.0. The summed E-state index contributed by atoms with van der Waals surface area (Å²) in [7, 11) is 0. The lowest BCUT2D eigenvalue weighted by Gasteiger charge is -2.24. The van der Waals surface area contributed by atoms with Crippen molar-refractivity contribution in [1.82, 2.24) is 0 Å². The van der Waals surface area contributed by atoms with Crippen LogP contribution in [0.15, 0.2) is 179 Å². The van der Waals surface area contributed by atoms with Gasteiger partial charge in [0.1, 0.15) is 0 Å². The fraction of sp³-hybridized carbons (Fsp3) is 0.206. The van der Waals surface area contributed by atoms with E-state index in [4.69, 9.17) is 9.98 Å². The van der Waals surface area contributed by atoms with Gasteiger partial charge >= 0.3 is 0 Å². The van der Waals surface area contributed by atoms with Crippen molar-refractivity contribution < 1.29 is 0 Å². The van der Waals surface area contributed by atoms with E-state index >= 15 is 0 Å². The minimum absolute atomic E-state index is 0.132. The van der Waals surface area contributed by atoms with Gasteiger partial charge in [-0.05, 0) is 162 Å². The van der Waals surface area contributed by atoms with E-state index in [9.17, 15) is 0 Å². The molecule has 5 heterocycles. The molecule has 0 N–H and O–H groups in total. The molecule has 4 unspecified atom stereocenters. The van der Waals surface area contributed by atoms with Gasteiger partial charge < -0.3 is 0 Å². The van der Waals surface area contributed by atoms with E-state index in [2.05, 4.69) is 222 Å². The second-order valence-electron chi connectivity index (χ2n) is 20.7. The van der Waals surface area contributed by atoms with Crippen LogP contribution in [0.1, 0.15) is 130 Å². The summed E-state index contributed by atoms with van der Waals surface area (Å²) >= 11 is 4.16. The molecule has 7 aliphatic rings. The monoisotopic (exact) mass is 898 g/mol. The number of nitrogens with zero attached hydrogens (tertiary/aromatic N) is 2. The number of hydrogen-bond donors (Lipinski definition) is 0. The molecule has 7 aromatic carbocycles. The molecule has 0 spiro atoms. The van der Waals surface area contributed by atoms with Crippen molar-refractivity contribution in [3.05, 3.63) is 231 Å². The molecule has 67 heavy (non-hydrogen) atoms. The minimum Gasteiger partial charge on any atom is -0.232 e. The Hall–Kier alpha value is -6.20. The Morgan fingerprint density at radius 2 is 0.851 bits per heavy atom. The highest BCUT2D eigenvalue weighted by Crippen LogP contribution is 2.62. The highest BCUT2D eigenvalue weighted by Gasteiger charge is 2.43. The zero-order valence-corrected chi connectivity index (χ0v) is 40.2. The predicted molar refractivity (Wildman–Crippen MR) is 285 cm³/mol. The molecule has 0 fully saturated rings. The zero-order valence-electron chi connectivity index (χ0n) is 38.5. The Kier molecular flexibility index (Phi) is 8.58. The number of thioether (sulfide) groups is 2. The number of benzene rings is 7. The summed E-state index contributed by atoms with van der Waals surface area (Å²) in [6.45, 7) is 11.9. The largest absolute Gasteiger partial charge is 0.232 e. The number of hydrogen-bond acceptors (Lipinski definition) is 4. The molecule has 324 valence electrons. The van der Waals surface area contributed by atoms with Crippen LogP contribution >= 0.6 is 23.5 Å². The highest BCUT2D eigenvalue weighted by atomic mass is 32.2. The maximum atomic E-state index is 5.61. The Morgan fingerprint density at radius 1 is 0.403 bits per heavy atom. The Balaban J connectivity index is 0.955. The van der Waals surface area contributed by atoms with Crippen LogP contribution in [0.3, 0.4) is 0 Å². The first-order chi connectivity index (χ1) is 32.6. The van der Waals surface area contributed by atoms with Crippen LogP contribution in [0.2, 0.25) is 0 Å². The molecule has 4 heteroatoms. The number of fused-ring (bicyclic) bond motifs is 16.